The molecule has 0 fully saturated rings. The Kier molecular flexibility index (Phi) is 4.36. The number of hydrogen-bond donors (Lipinski definition) is 2. The molecule has 0 radical (unpaired) electrons. The van der Waals surface area contributed by atoms with E-state index < -0.39 is 0 Å². The van der Waals surface area contributed by atoms with Gasteiger partial charge >= 0.3 is 0 Å². The van der Waals surface area contributed by atoms with Gasteiger partial charge in [-0.05, 0) is 36.1 Å². The Morgan fingerprint density at radius 1 is 1.29 bits per heavy atom. The summed E-state index contributed by atoms with van der Waals surface area (Å²) in [5.74, 6) is 0.866. The molecule has 1 aliphatic carbocycles. The summed E-state index contributed by atoms with van der Waals surface area (Å²) in [7, 11) is 0. The third kappa shape index (κ3) is 3.19. The van der Waals surface area contributed by atoms with Gasteiger partial charge in [-0.2, -0.15) is 0 Å². The number of aliphatic hydroxyl groups is 1. The molecule has 1 aliphatic rings. The average molecular weight is 237 g/mol. The van der Waals surface area contributed by atoms with Crippen LogP contribution in [0.4, 0.5) is 0 Å². The van der Waals surface area contributed by atoms with E-state index in [0.29, 0.717) is 19.8 Å². The van der Waals surface area contributed by atoms with Crippen molar-refractivity contribution in [1.82, 2.24) is 0 Å². The summed E-state index contributed by atoms with van der Waals surface area (Å²) in [6.07, 6.45) is 2.06. The predicted octanol–water partition coefficient (Wildman–Crippen LogP) is 1.02. The molecule has 0 spiro atoms. The minimum absolute atomic E-state index is 0.0523. The van der Waals surface area contributed by atoms with Crippen LogP contribution in [0.15, 0.2) is 18.2 Å². The highest BCUT2D eigenvalue weighted by molar-refractivity contribution is 5.40. The van der Waals surface area contributed by atoms with Crippen LogP contribution in [0, 0.1) is 0 Å². The van der Waals surface area contributed by atoms with E-state index in [1.165, 1.54) is 11.1 Å². The molecule has 1 aromatic rings. The van der Waals surface area contributed by atoms with Gasteiger partial charge in [0.1, 0.15) is 12.4 Å². The summed E-state index contributed by atoms with van der Waals surface area (Å²) in [6, 6.07) is 6.26. The van der Waals surface area contributed by atoms with E-state index >= 15 is 0 Å². The van der Waals surface area contributed by atoms with Crippen molar-refractivity contribution >= 4 is 0 Å². The summed E-state index contributed by atoms with van der Waals surface area (Å²) < 4.78 is 10.7. The lowest BCUT2D eigenvalue weighted by Crippen LogP contribution is -2.09. The maximum atomic E-state index is 8.54. The van der Waals surface area contributed by atoms with Gasteiger partial charge in [0.2, 0.25) is 0 Å². The largest absolute Gasteiger partial charge is 0.491 e. The van der Waals surface area contributed by atoms with Gasteiger partial charge in [-0.25, -0.2) is 0 Å². The van der Waals surface area contributed by atoms with Crippen LogP contribution < -0.4 is 10.5 Å². The van der Waals surface area contributed by atoms with E-state index in [0.717, 1.165) is 18.6 Å². The lowest BCUT2D eigenvalue weighted by atomic mass is 10.1. The first-order valence-electron chi connectivity index (χ1n) is 6.01. The number of ether oxygens (including phenoxy) is 2. The van der Waals surface area contributed by atoms with Crippen molar-refractivity contribution < 1.29 is 14.6 Å². The minimum atomic E-state index is 0.0523. The van der Waals surface area contributed by atoms with Crippen LogP contribution in [-0.2, 0) is 11.2 Å². The second-order valence-electron chi connectivity index (χ2n) is 4.19. The summed E-state index contributed by atoms with van der Waals surface area (Å²) in [5.41, 5.74) is 8.51. The van der Waals surface area contributed by atoms with Gasteiger partial charge in [-0.15, -0.1) is 0 Å². The molecule has 17 heavy (non-hydrogen) atoms. The standard InChI is InChI=1S/C13H19NO3/c14-13-4-1-10-9-11(2-3-12(10)13)17-8-7-16-6-5-15/h2-3,9,13,15H,1,4-8,14H2/t13-/m1/s1. The first kappa shape index (κ1) is 12.4. The zero-order valence-electron chi connectivity index (χ0n) is 9.89. The number of benzene rings is 1. The average Bonchev–Trinajstić information content (AvgIpc) is 2.71. The quantitative estimate of drug-likeness (QED) is 0.725. The molecule has 1 atom stereocenters. The van der Waals surface area contributed by atoms with Crippen LogP contribution in [0.2, 0.25) is 0 Å². The molecule has 2 rings (SSSR count). The van der Waals surface area contributed by atoms with Crippen molar-refractivity contribution in [1.29, 1.82) is 0 Å². The van der Waals surface area contributed by atoms with Crippen molar-refractivity contribution in [2.24, 2.45) is 5.73 Å². The fourth-order valence-corrected chi connectivity index (χ4v) is 2.10. The second kappa shape index (κ2) is 6.00. The maximum absolute atomic E-state index is 8.54. The van der Waals surface area contributed by atoms with Gasteiger partial charge < -0.3 is 20.3 Å². The van der Waals surface area contributed by atoms with Crippen molar-refractivity contribution in [3.05, 3.63) is 29.3 Å². The molecule has 4 heteroatoms. The molecular weight excluding hydrogens is 218 g/mol. The van der Waals surface area contributed by atoms with Gasteiger partial charge in [0.25, 0.3) is 0 Å². The van der Waals surface area contributed by atoms with Crippen LogP contribution in [0.25, 0.3) is 0 Å². The Morgan fingerprint density at radius 2 is 2.18 bits per heavy atom. The van der Waals surface area contributed by atoms with E-state index in [4.69, 9.17) is 20.3 Å². The molecule has 0 unspecified atom stereocenters. The number of fused-ring (bicyclic) bond motifs is 1. The van der Waals surface area contributed by atoms with E-state index in [1.807, 2.05) is 6.07 Å². The number of aliphatic hydroxyl groups excluding tert-OH is 1. The van der Waals surface area contributed by atoms with Gasteiger partial charge in [0, 0.05) is 6.04 Å². The molecule has 94 valence electrons. The number of aryl methyl sites for hydroxylation is 1. The van der Waals surface area contributed by atoms with Gasteiger partial charge in [-0.3, -0.25) is 0 Å². The Hall–Kier alpha value is -1.10. The summed E-state index contributed by atoms with van der Waals surface area (Å²) in [6.45, 7) is 1.42. The van der Waals surface area contributed by atoms with Gasteiger partial charge in [-0.1, -0.05) is 6.07 Å². The maximum Gasteiger partial charge on any atom is 0.119 e. The highest BCUT2D eigenvalue weighted by Crippen LogP contribution is 2.31. The Bertz CT molecular complexity index is 368. The molecule has 0 amide bonds. The Labute approximate surface area is 101 Å². The van der Waals surface area contributed by atoms with E-state index in [9.17, 15) is 0 Å². The van der Waals surface area contributed by atoms with Gasteiger partial charge in [0.05, 0.1) is 19.8 Å². The number of rotatable bonds is 6. The van der Waals surface area contributed by atoms with Gasteiger partial charge in [0.15, 0.2) is 0 Å². The molecule has 3 N–H and O–H groups in total. The summed E-state index contributed by atoms with van der Waals surface area (Å²) in [4.78, 5) is 0. The Balaban J connectivity index is 1.82. The molecule has 0 heterocycles. The molecule has 0 aromatic heterocycles. The van der Waals surface area contributed by atoms with Crippen LogP contribution in [0.3, 0.4) is 0 Å². The molecule has 1 aromatic carbocycles. The molecule has 0 aliphatic heterocycles. The first-order valence-corrected chi connectivity index (χ1v) is 6.01. The third-order valence-corrected chi connectivity index (χ3v) is 2.97. The fraction of sp³-hybridized carbons (Fsp3) is 0.538. The summed E-state index contributed by atoms with van der Waals surface area (Å²) in [5, 5.41) is 8.54. The highest BCUT2D eigenvalue weighted by Gasteiger charge is 2.18. The first-order chi connectivity index (χ1) is 8.31. The Morgan fingerprint density at radius 3 is 3.00 bits per heavy atom. The van der Waals surface area contributed by atoms with Crippen molar-refractivity contribution in [2.75, 3.05) is 26.4 Å². The smallest absolute Gasteiger partial charge is 0.119 e. The molecular formula is C13H19NO3. The second-order valence-corrected chi connectivity index (χ2v) is 4.19. The predicted molar refractivity (Wildman–Crippen MR) is 65.1 cm³/mol. The van der Waals surface area contributed by atoms with Crippen molar-refractivity contribution in [3.63, 3.8) is 0 Å². The SMILES string of the molecule is N[C@@H]1CCc2cc(OCCOCCO)ccc21. The molecule has 0 bridgehead atoms. The zero-order chi connectivity index (χ0) is 12.1. The lowest BCUT2D eigenvalue weighted by molar-refractivity contribution is 0.0705. The van der Waals surface area contributed by atoms with Crippen molar-refractivity contribution in [2.45, 2.75) is 18.9 Å². The monoisotopic (exact) mass is 237 g/mol. The van der Waals surface area contributed by atoms with E-state index in [1.54, 1.807) is 0 Å². The van der Waals surface area contributed by atoms with Crippen molar-refractivity contribution in [3.8, 4) is 5.75 Å². The third-order valence-electron chi connectivity index (χ3n) is 2.97. The van der Waals surface area contributed by atoms with E-state index in [-0.39, 0.29) is 12.6 Å². The fourth-order valence-electron chi connectivity index (χ4n) is 2.10. The summed E-state index contributed by atoms with van der Waals surface area (Å²) >= 11 is 0. The topological polar surface area (TPSA) is 64.7 Å². The van der Waals surface area contributed by atoms with Crippen LogP contribution in [0.5, 0.6) is 5.75 Å². The van der Waals surface area contributed by atoms with Crippen LogP contribution in [0.1, 0.15) is 23.6 Å². The number of nitrogens with two attached hydrogens (primary N) is 1. The van der Waals surface area contributed by atoms with Crippen LogP contribution in [-0.4, -0.2) is 31.5 Å². The lowest BCUT2D eigenvalue weighted by Gasteiger charge is -2.09. The molecule has 0 saturated carbocycles. The van der Waals surface area contributed by atoms with E-state index in [2.05, 4.69) is 12.1 Å². The number of hydrogen-bond acceptors (Lipinski definition) is 4. The normalized spacial score (nSPS) is 18.1. The van der Waals surface area contributed by atoms with Crippen LogP contribution >= 0.6 is 0 Å². The molecule has 0 saturated heterocycles. The minimum Gasteiger partial charge on any atom is -0.491 e. The zero-order valence-corrected chi connectivity index (χ0v) is 9.89. The molecule has 4 nitrogen and oxygen atoms in total. The highest BCUT2D eigenvalue weighted by atomic mass is 16.5.